The van der Waals surface area contributed by atoms with Gasteiger partial charge in [0.15, 0.2) is 0 Å². The van der Waals surface area contributed by atoms with E-state index in [1.165, 1.54) is 0 Å². The maximum absolute atomic E-state index is 13.1. The number of nitrogens with one attached hydrogen (secondary N) is 2. The molecule has 136 valence electrons. The maximum Gasteiger partial charge on any atom is 0.408 e. The quantitative estimate of drug-likeness (QED) is 0.706. The second-order valence-electron chi connectivity index (χ2n) is 7.72. The van der Waals surface area contributed by atoms with E-state index < -0.39 is 59.8 Å². The van der Waals surface area contributed by atoms with Gasteiger partial charge in [-0.05, 0) is 33.6 Å². The number of hydrogen-bond donors (Lipinski definition) is 3. The molecule has 1 saturated heterocycles. The Balaban J connectivity index is 1.95. The first-order valence-electron chi connectivity index (χ1n) is 7.80. The molecule has 4 N–H and O–H groups in total. The topological polar surface area (TPSA) is 111 Å². The van der Waals surface area contributed by atoms with Gasteiger partial charge in [0.2, 0.25) is 11.8 Å². The Kier molecular flexibility index (Phi) is 4.49. The van der Waals surface area contributed by atoms with E-state index in [1.54, 1.807) is 20.8 Å². The maximum atomic E-state index is 13.1. The van der Waals surface area contributed by atoms with Gasteiger partial charge in [-0.15, -0.1) is 0 Å². The second kappa shape index (κ2) is 5.86. The molecule has 0 unspecified atom stereocenters. The SMILES string of the molecule is CC(C)(C)OC(=O)N[C@@H](C[C@@H]1CC2(CC(F)(F)C2)NC1=O)C(N)=O. The zero-order valence-corrected chi connectivity index (χ0v) is 13.9. The molecule has 0 bridgehead atoms. The Labute approximate surface area is 138 Å². The fourth-order valence-electron chi connectivity index (χ4n) is 3.32. The number of amides is 3. The predicted molar refractivity (Wildman–Crippen MR) is 80.1 cm³/mol. The number of ether oxygens (including phenoxy) is 1. The Morgan fingerprint density at radius 3 is 2.46 bits per heavy atom. The van der Waals surface area contributed by atoms with Crippen LogP contribution in [0.2, 0.25) is 0 Å². The lowest BCUT2D eigenvalue weighted by atomic mass is 9.71. The predicted octanol–water partition coefficient (Wildman–Crippen LogP) is 1.06. The van der Waals surface area contributed by atoms with E-state index in [1.807, 2.05) is 0 Å². The van der Waals surface area contributed by atoms with Crippen LogP contribution >= 0.6 is 0 Å². The van der Waals surface area contributed by atoms with Crippen LogP contribution in [0, 0.1) is 5.92 Å². The lowest BCUT2D eigenvalue weighted by molar-refractivity contribution is -0.136. The lowest BCUT2D eigenvalue weighted by Crippen LogP contribution is -2.58. The van der Waals surface area contributed by atoms with Gasteiger partial charge in [-0.2, -0.15) is 0 Å². The highest BCUT2D eigenvalue weighted by Gasteiger charge is 2.61. The lowest BCUT2D eigenvalue weighted by Gasteiger charge is -2.44. The number of hydrogen-bond acceptors (Lipinski definition) is 4. The molecule has 1 spiro atoms. The number of carbonyl (C=O) groups is 3. The monoisotopic (exact) mass is 347 g/mol. The summed E-state index contributed by atoms with van der Waals surface area (Å²) in [6, 6.07) is -1.11. The van der Waals surface area contributed by atoms with E-state index in [4.69, 9.17) is 10.5 Å². The number of primary amides is 1. The van der Waals surface area contributed by atoms with Gasteiger partial charge in [-0.3, -0.25) is 9.59 Å². The first-order chi connectivity index (χ1) is 10.8. The minimum Gasteiger partial charge on any atom is -0.444 e. The van der Waals surface area contributed by atoms with Gasteiger partial charge in [0, 0.05) is 18.8 Å². The van der Waals surface area contributed by atoms with Gasteiger partial charge in [0.05, 0.1) is 5.54 Å². The standard InChI is InChI=1S/C15H23F2N3O4/c1-13(2,3)24-12(23)19-9(10(18)21)4-8-5-14(20-11(8)22)6-15(16,17)7-14/h8-9H,4-7H2,1-3H3,(H2,18,21)(H,19,23)(H,20,22)/t8-,9+/m1/s1. The Hall–Kier alpha value is -1.93. The van der Waals surface area contributed by atoms with Crippen molar-refractivity contribution in [2.24, 2.45) is 11.7 Å². The molecule has 1 aliphatic carbocycles. The summed E-state index contributed by atoms with van der Waals surface area (Å²) in [5.74, 6) is -4.63. The highest BCUT2D eigenvalue weighted by molar-refractivity contribution is 5.87. The molecule has 0 aromatic heterocycles. The fourth-order valence-corrected chi connectivity index (χ4v) is 3.32. The number of alkyl carbamates (subject to hydrolysis) is 1. The third-order valence-corrected chi connectivity index (χ3v) is 4.14. The largest absolute Gasteiger partial charge is 0.444 e. The van der Waals surface area contributed by atoms with E-state index in [2.05, 4.69) is 10.6 Å². The van der Waals surface area contributed by atoms with Crippen LogP contribution in [-0.2, 0) is 14.3 Å². The molecule has 1 heterocycles. The molecule has 1 saturated carbocycles. The smallest absolute Gasteiger partial charge is 0.408 e. The molecular formula is C15H23F2N3O4. The number of rotatable bonds is 4. The van der Waals surface area contributed by atoms with E-state index in [0.29, 0.717) is 0 Å². The molecular weight excluding hydrogens is 324 g/mol. The van der Waals surface area contributed by atoms with Crippen LogP contribution in [0.3, 0.4) is 0 Å². The normalized spacial score (nSPS) is 25.5. The number of nitrogens with two attached hydrogens (primary N) is 1. The zero-order valence-electron chi connectivity index (χ0n) is 13.9. The molecule has 7 nitrogen and oxygen atoms in total. The van der Waals surface area contributed by atoms with E-state index in [-0.39, 0.29) is 12.8 Å². The molecule has 1 aliphatic heterocycles. The molecule has 2 atom stereocenters. The van der Waals surface area contributed by atoms with Gasteiger partial charge in [-0.1, -0.05) is 0 Å². The third-order valence-electron chi connectivity index (χ3n) is 4.14. The van der Waals surface area contributed by atoms with Crippen molar-refractivity contribution in [2.45, 2.75) is 69.6 Å². The van der Waals surface area contributed by atoms with Gasteiger partial charge in [-0.25, -0.2) is 13.6 Å². The Morgan fingerprint density at radius 2 is 2.00 bits per heavy atom. The summed E-state index contributed by atoms with van der Waals surface area (Å²) in [5, 5.41) is 4.93. The average molecular weight is 347 g/mol. The van der Waals surface area contributed by atoms with Crippen LogP contribution in [0.25, 0.3) is 0 Å². The zero-order chi connectivity index (χ0) is 18.3. The first kappa shape index (κ1) is 18.4. The summed E-state index contributed by atoms with van der Waals surface area (Å²) in [5.41, 5.74) is 3.61. The van der Waals surface area contributed by atoms with E-state index >= 15 is 0 Å². The highest BCUT2D eigenvalue weighted by atomic mass is 19.3. The summed E-state index contributed by atoms with van der Waals surface area (Å²) in [7, 11) is 0. The number of halogens is 2. The number of carbonyl (C=O) groups excluding carboxylic acids is 3. The van der Waals surface area contributed by atoms with E-state index in [9.17, 15) is 23.2 Å². The first-order valence-corrected chi connectivity index (χ1v) is 7.80. The Morgan fingerprint density at radius 1 is 1.42 bits per heavy atom. The van der Waals surface area contributed by atoms with Gasteiger partial charge < -0.3 is 21.1 Å². The van der Waals surface area contributed by atoms with Crippen molar-refractivity contribution in [1.29, 1.82) is 0 Å². The summed E-state index contributed by atoms with van der Waals surface area (Å²) in [4.78, 5) is 35.3. The van der Waals surface area contributed by atoms with Crippen LogP contribution in [0.15, 0.2) is 0 Å². The van der Waals surface area contributed by atoms with Gasteiger partial charge in [0.25, 0.3) is 5.92 Å². The van der Waals surface area contributed by atoms with Crippen molar-refractivity contribution in [3.8, 4) is 0 Å². The summed E-state index contributed by atoms with van der Waals surface area (Å²) in [6.07, 6.45) is -1.48. The minimum atomic E-state index is -2.76. The molecule has 0 radical (unpaired) electrons. The van der Waals surface area contributed by atoms with Crippen molar-refractivity contribution in [2.75, 3.05) is 0 Å². The van der Waals surface area contributed by atoms with Crippen molar-refractivity contribution in [1.82, 2.24) is 10.6 Å². The summed E-state index contributed by atoms with van der Waals surface area (Å²) >= 11 is 0. The molecule has 9 heteroatoms. The Bertz CT molecular complexity index is 551. The van der Waals surface area contributed by atoms with Crippen LogP contribution < -0.4 is 16.4 Å². The highest BCUT2D eigenvalue weighted by Crippen LogP contribution is 2.51. The molecule has 2 rings (SSSR count). The molecule has 2 fully saturated rings. The van der Waals surface area contributed by atoms with Crippen LogP contribution in [0.4, 0.5) is 13.6 Å². The van der Waals surface area contributed by atoms with Crippen LogP contribution in [0.5, 0.6) is 0 Å². The summed E-state index contributed by atoms with van der Waals surface area (Å²) in [6.45, 7) is 4.99. The van der Waals surface area contributed by atoms with Crippen molar-refractivity contribution in [3.05, 3.63) is 0 Å². The third kappa shape index (κ3) is 4.33. The van der Waals surface area contributed by atoms with Crippen LogP contribution in [-0.4, -0.2) is 41.0 Å². The van der Waals surface area contributed by atoms with Crippen molar-refractivity contribution < 1.29 is 27.9 Å². The molecule has 0 aromatic carbocycles. The van der Waals surface area contributed by atoms with Crippen molar-refractivity contribution in [3.63, 3.8) is 0 Å². The van der Waals surface area contributed by atoms with Gasteiger partial charge >= 0.3 is 6.09 Å². The molecule has 24 heavy (non-hydrogen) atoms. The van der Waals surface area contributed by atoms with Crippen molar-refractivity contribution >= 4 is 17.9 Å². The fraction of sp³-hybridized carbons (Fsp3) is 0.800. The summed E-state index contributed by atoms with van der Waals surface area (Å²) < 4.78 is 31.3. The van der Waals surface area contributed by atoms with Crippen LogP contribution in [0.1, 0.15) is 46.5 Å². The van der Waals surface area contributed by atoms with Gasteiger partial charge in [0.1, 0.15) is 11.6 Å². The molecule has 2 aliphatic rings. The molecule has 0 aromatic rings. The minimum absolute atomic E-state index is 0.0479. The van der Waals surface area contributed by atoms with E-state index in [0.717, 1.165) is 0 Å². The number of alkyl halides is 2. The second-order valence-corrected chi connectivity index (χ2v) is 7.72. The molecule has 3 amide bonds. The average Bonchev–Trinajstić information content (AvgIpc) is 2.60.